The van der Waals surface area contributed by atoms with Gasteiger partial charge >= 0.3 is 0 Å². The number of hydrogen-bond acceptors (Lipinski definition) is 1. The largest absolute Gasteiger partial charge is 0.392 e. The summed E-state index contributed by atoms with van der Waals surface area (Å²) in [5.74, 6) is 0. The Morgan fingerprint density at radius 1 is 0.900 bits per heavy atom. The van der Waals surface area contributed by atoms with E-state index >= 15 is 0 Å². The van der Waals surface area contributed by atoms with E-state index < -0.39 is 0 Å². The van der Waals surface area contributed by atoms with Gasteiger partial charge in [0, 0.05) is 0 Å². The highest BCUT2D eigenvalue weighted by Gasteiger charge is 2.25. The number of unbranched alkanes of at least 4 members (excludes halogenated alkanes) is 1. The maximum absolute atomic E-state index is 9.58. The zero-order valence-electron chi connectivity index (χ0n) is 14.4. The molecule has 114 valence electrons. The molecular formula is C19H32O. The fraction of sp³-hybridized carbons (Fsp3) is 0.684. The molecule has 1 nitrogen and oxygen atoms in total. The molecule has 0 amide bonds. The summed E-state index contributed by atoms with van der Waals surface area (Å²) in [7, 11) is 0. The Morgan fingerprint density at radius 3 is 1.65 bits per heavy atom. The van der Waals surface area contributed by atoms with Gasteiger partial charge in [-0.15, -0.1) is 0 Å². The molecule has 0 spiro atoms. The smallest absolute Gasteiger partial charge is 0.0682 e. The summed E-state index contributed by atoms with van der Waals surface area (Å²) in [6.07, 6.45) is 3.58. The summed E-state index contributed by atoms with van der Waals surface area (Å²) in [4.78, 5) is 0. The molecule has 0 radical (unpaired) electrons. The van der Waals surface area contributed by atoms with E-state index in [4.69, 9.17) is 0 Å². The van der Waals surface area contributed by atoms with Crippen molar-refractivity contribution < 1.29 is 5.11 Å². The topological polar surface area (TPSA) is 20.2 Å². The van der Waals surface area contributed by atoms with Gasteiger partial charge in [-0.05, 0) is 45.9 Å². The highest BCUT2D eigenvalue weighted by Crippen LogP contribution is 2.36. The fourth-order valence-electron chi connectivity index (χ4n) is 2.78. The van der Waals surface area contributed by atoms with Crippen LogP contribution in [0.3, 0.4) is 0 Å². The maximum Gasteiger partial charge on any atom is 0.0682 e. The molecule has 0 aliphatic heterocycles. The van der Waals surface area contributed by atoms with E-state index in [0.717, 1.165) is 12.0 Å². The Balaban J connectivity index is 3.54. The molecule has 0 saturated carbocycles. The van der Waals surface area contributed by atoms with Crippen LogP contribution < -0.4 is 0 Å². The van der Waals surface area contributed by atoms with Crippen LogP contribution in [0.5, 0.6) is 0 Å². The summed E-state index contributed by atoms with van der Waals surface area (Å²) < 4.78 is 0. The predicted octanol–water partition coefficient (Wildman–Crippen LogP) is 5.12. The number of aliphatic hydroxyl groups excluding tert-OH is 1. The molecule has 1 heteroatoms. The summed E-state index contributed by atoms with van der Waals surface area (Å²) >= 11 is 0. The van der Waals surface area contributed by atoms with E-state index in [2.05, 4.69) is 60.6 Å². The van der Waals surface area contributed by atoms with Gasteiger partial charge in [-0.1, -0.05) is 67.0 Å². The number of aliphatic hydroxyl groups is 1. The lowest BCUT2D eigenvalue weighted by Gasteiger charge is -2.31. The molecule has 0 aromatic heterocycles. The van der Waals surface area contributed by atoms with Crippen LogP contribution in [0.2, 0.25) is 0 Å². The first kappa shape index (κ1) is 17.2. The van der Waals surface area contributed by atoms with Gasteiger partial charge in [0.25, 0.3) is 0 Å². The molecular weight excluding hydrogens is 244 g/mol. The second-order valence-corrected chi connectivity index (χ2v) is 7.93. The maximum atomic E-state index is 9.58. The molecule has 0 aliphatic carbocycles. The molecule has 1 rings (SSSR count). The minimum absolute atomic E-state index is 0.119. The van der Waals surface area contributed by atoms with Crippen LogP contribution in [0.4, 0.5) is 0 Å². The molecule has 1 aromatic rings. The number of hydrogen-bond donors (Lipinski definition) is 1. The summed E-state index contributed by atoms with van der Waals surface area (Å²) in [6, 6.07) is 4.42. The average molecular weight is 276 g/mol. The Kier molecular flexibility index (Phi) is 5.43. The quantitative estimate of drug-likeness (QED) is 0.809. The molecule has 20 heavy (non-hydrogen) atoms. The van der Waals surface area contributed by atoms with E-state index in [9.17, 15) is 5.11 Å². The van der Waals surface area contributed by atoms with Gasteiger partial charge < -0.3 is 5.11 Å². The summed E-state index contributed by atoms with van der Waals surface area (Å²) in [5, 5.41) is 9.58. The van der Waals surface area contributed by atoms with E-state index in [1.807, 2.05) is 0 Å². The lowest BCUT2D eigenvalue weighted by molar-refractivity contribution is 0.281. The SMILES string of the molecule is CCCCc1c(C(C)(C)C)cc(CO)cc1C(C)(C)C. The molecule has 0 aliphatic rings. The molecule has 0 heterocycles. The highest BCUT2D eigenvalue weighted by molar-refractivity contribution is 5.45. The first-order valence-corrected chi connectivity index (χ1v) is 7.89. The van der Waals surface area contributed by atoms with Crippen molar-refractivity contribution in [3.63, 3.8) is 0 Å². The van der Waals surface area contributed by atoms with Crippen LogP contribution in [-0.2, 0) is 23.9 Å². The van der Waals surface area contributed by atoms with Gasteiger partial charge in [0.15, 0.2) is 0 Å². The van der Waals surface area contributed by atoms with Crippen molar-refractivity contribution in [2.24, 2.45) is 0 Å². The molecule has 0 bridgehead atoms. The second kappa shape index (κ2) is 6.30. The van der Waals surface area contributed by atoms with Crippen molar-refractivity contribution in [3.05, 3.63) is 34.4 Å². The van der Waals surface area contributed by atoms with Crippen LogP contribution >= 0.6 is 0 Å². The van der Waals surface area contributed by atoms with Crippen molar-refractivity contribution in [2.45, 2.75) is 85.2 Å². The van der Waals surface area contributed by atoms with E-state index in [1.165, 1.54) is 29.5 Å². The third-order valence-corrected chi connectivity index (χ3v) is 3.89. The molecule has 0 atom stereocenters. The van der Waals surface area contributed by atoms with E-state index in [1.54, 1.807) is 0 Å². The minimum Gasteiger partial charge on any atom is -0.392 e. The van der Waals surface area contributed by atoms with Gasteiger partial charge in [-0.3, -0.25) is 0 Å². The highest BCUT2D eigenvalue weighted by atomic mass is 16.3. The third-order valence-electron chi connectivity index (χ3n) is 3.89. The van der Waals surface area contributed by atoms with Crippen LogP contribution in [0.25, 0.3) is 0 Å². The monoisotopic (exact) mass is 276 g/mol. The third kappa shape index (κ3) is 4.09. The van der Waals surface area contributed by atoms with E-state index in [0.29, 0.717) is 0 Å². The van der Waals surface area contributed by atoms with Crippen molar-refractivity contribution in [1.82, 2.24) is 0 Å². The van der Waals surface area contributed by atoms with Crippen LogP contribution in [0.15, 0.2) is 12.1 Å². The normalized spacial score (nSPS) is 12.8. The number of rotatable bonds is 4. The average Bonchev–Trinajstić information content (AvgIpc) is 2.33. The Morgan fingerprint density at radius 2 is 1.35 bits per heavy atom. The molecule has 0 fully saturated rings. The van der Waals surface area contributed by atoms with Gasteiger partial charge in [0.2, 0.25) is 0 Å². The predicted molar refractivity (Wildman–Crippen MR) is 88.4 cm³/mol. The lowest BCUT2D eigenvalue weighted by atomic mass is 9.74. The summed E-state index contributed by atoms with van der Waals surface area (Å²) in [5.41, 5.74) is 5.59. The molecule has 0 saturated heterocycles. The minimum atomic E-state index is 0.119. The Hall–Kier alpha value is -0.820. The molecule has 1 N–H and O–H groups in total. The van der Waals surface area contributed by atoms with E-state index in [-0.39, 0.29) is 17.4 Å². The standard InChI is InChI=1S/C19H32O/c1-8-9-10-15-16(18(2,3)4)11-14(13-20)12-17(15)19(5,6)7/h11-12,20H,8-10,13H2,1-7H3. The van der Waals surface area contributed by atoms with Gasteiger partial charge in [0.1, 0.15) is 0 Å². The van der Waals surface area contributed by atoms with Crippen LogP contribution in [0.1, 0.15) is 83.6 Å². The Labute approximate surface area is 125 Å². The van der Waals surface area contributed by atoms with Crippen molar-refractivity contribution in [1.29, 1.82) is 0 Å². The van der Waals surface area contributed by atoms with Crippen LogP contribution in [-0.4, -0.2) is 5.11 Å². The zero-order valence-corrected chi connectivity index (χ0v) is 14.4. The fourth-order valence-corrected chi connectivity index (χ4v) is 2.78. The lowest BCUT2D eigenvalue weighted by Crippen LogP contribution is -2.22. The van der Waals surface area contributed by atoms with Crippen molar-refractivity contribution >= 4 is 0 Å². The van der Waals surface area contributed by atoms with Crippen molar-refractivity contribution in [3.8, 4) is 0 Å². The molecule has 1 aromatic carbocycles. The van der Waals surface area contributed by atoms with Gasteiger partial charge in [-0.2, -0.15) is 0 Å². The first-order valence-electron chi connectivity index (χ1n) is 7.89. The second-order valence-electron chi connectivity index (χ2n) is 7.93. The first-order chi connectivity index (χ1) is 9.11. The molecule has 0 unspecified atom stereocenters. The Bertz CT molecular complexity index is 409. The zero-order chi connectivity index (χ0) is 15.6. The van der Waals surface area contributed by atoms with Crippen molar-refractivity contribution in [2.75, 3.05) is 0 Å². The van der Waals surface area contributed by atoms with Crippen LogP contribution in [0, 0.1) is 0 Å². The number of benzene rings is 1. The van der Waals surface area contributed by atoms with Gasteiger partial charge in [-0.25, -0.2) is 0 Å². The van der Waals surface area contributed by atoms with Gasteiger partial charge in [0.05, 0.1) is 6.61 Å². The summed E-state index contributed by atoms with van der Waals surface area (Å²) in [6.45, 7) is 16.0.